The van der Waals surface area contributed by atoms with Gasteiger partial charge in [0.2, 0.25) is 0 Å². The number of hydrogen-bond donors (Lipinski definition) is 0. The topological polar surface area (TPSA) is 35.5 Å². The number of rotatable bonds is 4. The first-order valence-electron chi connectivity index (χ1n) is 8.63. The van der Waals surface area contributed by atoms with E-state index in [1.165, 1.54) is 38.8 Å². The van der Waals surface area contributed by atoms with Gasteiger partial charge >= 0.3 is 0 Å². The van der Waals surface area contributed by atoms with Gasteiger partial charge in [-0.1, -0.05) is 0 Å². The Morgan fingerprint density at radius 3 is 2.41 bits per heavy atom. The Morgan fingerprint density at radius 1 is 1.09 bits per heavy atom. The molecule has 2 aliphatic heterocycles. The average molecular weight is 303 g/mol. The second kappa shape index (κ2) is 6.82. The fourth-order valence-electron chi connectivity index (χ4n) is 3.81. The summed E-state index contributed by atoms with van der Waals surface area (Å²) in [5.41, 5.74) is 0. The number of hydrogen-bond acceptors (Lipinski definition) is 5. The van der Waals surface area contributed by atoms with Crippen molar-refractivity contribution < 1.29 is 0 Å². The summed E-state index contributed by atoms with van der Waals surface area (Å²) in [6.45, 7) is 7.28. The van der Waals surface area contributed by atoms with Gasteiger partial charge in [0.25, 0.3) is 0 Å². The lowest BCUT2D eigenvalue weighted by Crippen LogP contribution is -2.43. The van der Waals surface area contributed by atoms with Gasteiger partial charge in [-0.15, -0.1) is 0 Å². The Hall–Kier alpha value is -1.36. The molecule has 0 aromatic carbocycles. The molecule has 1 aromatic rings. The second-order valence-corrected chi connectivity index (χ2v) is 6.94. The minimum atomic E-state index is 0.743. The van der Waals surface area contributed by atoms with Gasteiger partial charge in [-0.2, -0.15) is 0 Å². The molecule has 0 bridgehead atoms. The Bertz CT molecular complexity index is 476. The van der Waals surface area contributed by atoms with E-state index >= 15 is 0 Å². The van der Waals surface area contributed by atoms with E-state index in [9.17, 15) is 0 Å². The summed E-state index contributed by atoms with van der Waals surface area (Å²) < 4.78 is 0. The first-order valence-corrected chi connectivity index (χ1v) is 8.63. The quantitative estimate of drug-likeness (QED) is 0.852. The minimum absolute atomic E-state index is 0.743. The number of likely N-dealkylation sites (tertiary alicyclic amines) is 1. The van der Waals surface area contributed by atoms with Crippen molar-refractivity contribution in [1.82, 2.24) is 14.9 Å². The highest BCUT2D eigenvalue weighted by molar-refractivity contribution is 5.49. The Kier molecular flexibility index (Phi) is 4.81. The van der Waals surface area contributed by atoms with Crippen LogP contribution in [0.5, 0.6) is 0 Å². The molecule has 1 atom stereocenters. The van der Waals surface area contributed by atoms with Gasteiger partial charge < -0.3 is 14.7 Å². The third-order valence-electron chi connectivity index (χ3n) is 5.36. The lowest BCUT2D eigenvalue weighted by atomic mass is 9.89. The van der Waals surface area contributed by atoms with Crippen LogP contribution in [0, 0.1) is 5.92 Å². The zero-order valence-corrected chi connectivity index (χ0v) is 14.2. The van der Waals surface area contributed by atoms with Crippen LogP contribution in [-0.2, 0) is 0 Å². The largest absolute Gasteiger partial charge is 0.363 e. The molecule has 0 N–H and O–H groups in total. The Morgan fingerprint density at radius 2 is 1.77 bits per heavy atom. The van der Waals surface area contributed by atoms with Crippen molar-refractivity contribution in [2.45, 2.75) is 38.6 Å². The van der Waals surface area contributed by atoms with Crippen molar-refractivity contribution >= 4 is 11.6 Å². The number of nitrogens with zero attached hydrogens (tertiary/aromatic N) is 5. The number of piperidine rings is 1. The van der Waals surface area contributed by atoms with Crippen molar-refractivity contribution in [3.63, 3.8) is 0 Å². The van der Waals surface area contributed by atoms with Gasteiger partial charge in [-0.3, -0.25) is 0 Å². The lowest BCUT2D eigenvalue weighted by molar-refractivity contribution is 0.167. The summed E-state index contributed by atoms with van der Waals surface area (Å²) in [5, 5.41) is 0. The molecule has 0 saturated carbocycles. The first-order chi connectivity index (χ1) is 10.6. The summed E-state index contributed by atoms with van der Waals surface area (Å²) >= 11 is 0. The molecule has 0 spiro atoms. The summed E-state index contributed by atoms with van der Waals surface area (Å²) in [7, 11) is 4.05. The summed E-state index contributed by atoms with van der Waals surface area (Å²) in [6.07, 6.45) is 7.01. The molecule has 2 saturated heterocycles. The minimum Gasteiger partial charge on any atom is -0.363 e. The molecular weight excluding hydrogens is 274 g/mol. The van der Waals surface area contributed by atoms with E-state index in [-0.39, 0.29) is 0 Å². The standard InChI is InChI=1S/C17H29N5/c1-14(21-8-4-5-9-21)15-6-10-22(11-7-15)17-12-16(20(2)3)18-13-19-17/h12-15H,4-11H2,1-3H3. The maximum absolute atomic E-state index is 4.47. The fraction of sp³-hybridized carbons (Fsp3) is 0.765. The van der Waals surface area contributed by atoms with Crippen molar-refractivity contribution in [2.24, 2.45) is 5.92 Å². The molecule has 3 heterocycles. The van der Waals surface area contributed by atoms with Gasteiger partial charge in [-0.05, 0) is 51.6 Å². The van der Waals surface area contributed by atoms with Crippen LogP contribution >= 0.6 is 0 Å². The molecule has 2 aliphatic rings. The Balaban J connectivity index is 1.58. The summed E-state index contributed by atoms with van der Waals surface area (Å²) in [5.74, 6) is 2.90. The summed E-state index contributed by atoms with van der Waals surface area (Å²) in [6, 6.07) is 2.84. The molecule has 0 amide bonds. The lowest BCUT2D eigenvalue weighted by Gasteiger charge is -2.38. The van der Waals surface area contributed by atoms with Crippen LogP contribution in [0.2, 0.25) is 0 Å². The van der Waals surface area contributed by atoms with Gasteiger partial charge in [-0.25, -0.2) is 9.97 Å². The van der Waals surface area contributed by atoms with E-state index in [1.807, 2.05) is 19.0 Å². The number of anilines is 2. The highest BCUT2D eigenvalue weighted by atomic mass is 15.2. The van der Waals surface area contributed by atoms with E-state index in [2.05, 4.69) is 32.8 Å². The van der Waals surface area contributed by atoms with Crippen LogP contribution in [0.4, 0.5) is 11.6 Å². The van der Waals surface area contributed by atoms with Crippen molar-refractivity contribution in [1.29, 1.82) is 0 Å². The van der Waals surface area contributed by atoms with Gasteiger partial charge in [0.05, 0.1) is 0 Å². The molecule has 0 aliphatic carbocycles. The van der Waals surface area contributed by atoms with E-state index < -0.39 is 0 Å². The van der Waals surface area contributed by atoms with E-state index in [1.54, 1.807) is 6.33 Å². The van der Waals surface area contributed by atoms with Gasteiger partial charge in [0, 0.05) is 39.3 Å². The predicted octanol–water partition coefficient (Wildman–Crippen LogP) is 2.24. The highest BCUT2D eigenvalue weighted by Crippen LogP contribution is 2.28. The second-order valence-electron chi connectivity index (χ2n) is 6.94. The summed E-state index contributed by atoms with van der Waals surface area (Å²) in [4.78, 5) is 15.9. The van der Waals surface area contributed by atoms with E-state index in [0.717, 1.165) is 36.7 Å². The van der Waals surface area contributed by atoms with Gasteiger partial charge in [0.15, 0.2) is 0 Å². The third kappa shape index (κ3) is 3.35. The smallest absolute Gasteiger partial charge is 0.134 e. The molecule has 2 fully saturated rings. The fourth-order valence-corrected chi connectivity index (χ4v) is 3.81. The average Bonchev–Trinajstić information content (AvgIpc) is 3.09. The molecular formula is C17H29N5. The highest BCUT2D eigenvalue weighted by Gasteiger charge is 2.29. The van der Waals surface area contributed by atoms with Crippen molar-refractivity contribution in [2.75, 3.05) is 50.1 Å². The molecule has 5 nitrogen and oxygen atoms in total. The molecule has 22 heavy (non-hydrogen) atoms. The monoisotopic (exact) mass is 303 g/mol. The first kappa shape index (κ1) is 15.5. The molecule has 122 valence electrons. The molecule has 0 radical (unpaired) electrons. The van der Waals surface area contributed by atoms with Crippen molar-refractivity contribution in [3.05, 3.63) is 12.4 Å². The van der Waals surface area contributed by atoms with Crippen LogP contribution < -0.4 is 9.80 Å². The Labute approximate surface area is 134 Å². The van der Waals surface area contributed by atoms with E-state index in [0.29, 0.717) is 0 Å². The maximum Gasteiger partial charge on any atom is 0.134 e. The molecule has 5 heteroatoms. The van der Waals surface area contributed by atoms with Crippen molar-refractivity contribution in [3.8, 4) is 0 Å². The van der Waals surface area contributed by atoms with E-state index in [4.69, 9.17) is 0 Å². The predicted molar refractivity (Wildman–Crippen MR) is 91.6 cm³/mol. The van der Waals surface area contributed by atoms with Crippen LogP contribution in [0.1, 0.15) is 32.6 Å². The zero-order chi connectivity index (χ0) is 15.5. The van der Waals surface area contributed by atoms with Crippen LogP contribution in [-0.4, -0.2) is 61.2 Å². The van der Waals surface area contributed by atoms with Crippen LogP contribution in [0.3, 0.4) is 0 Å². The molecule has 3 rings (SSSR count). The van der Waals surface area contributed by atoms with Crippen LogP contribution in [0.15, 0.2) is 12.4 Å². The zero-order valence-electron chi connectivity index (χ0n) is 14.2. The molecule has 1 aromatic heterocycles. The van der Waals surface area contributed by atoms with Gasteiger partial charge in [0.1, 0.15) is 18.0 Å². The van der Waals surface area contributed by atoms with Crippen LogP contribution in [0.25, 0.3) is 0 Å². The normalized spacial score (nSPS) is 22.0. The maximum atomic E-state index is 4.47. The molecule has 1 unspecified atom stereocenters. The SMILES string of the molecule is CC(C1CCN(c2cc(N(C)C)ncn2)CC1)N1CCCC1. The number of aromatic nitrogens is 2. The third-order valence-corrected chi connectivity index (χ3v) is 5.36.